The van der Waals surface area contributed by atoms with E-state index in [0.29, 0.717) is 13.1 Å². The number of halogens is 3. The van der Waals surface area contributed by atoms with Crippen LogP contribution in [0.1, 0.15) is 49.4 Å². The van der Waals surface area contributed by atoms with Gasteiger partial charge in [-0.15, -0.1) is 0 Å². The number of carbonyl (C=O) groups excluding carboxylic acids is 1. The molecule has 27 heavy (non-hydrogen) atoms. The number of benzene rings is 1. The summed E-state index contributed by atoms with van der Waals surface area (Å²) in [6, 6.07) is 7.79. The molecule has 4 nitrogen and oxygen atoms in total. The van der Waals surface area contributed by atoms with Crippen LogP contribution in [0.5, 0.6) is 0 Å². The van der Waals surface area contributed by atoms with Gasteiger partial charge in [-0.2, -0.15) is 13.2 Å². The van der Waals surface area contributed by atoms with Crippen LogP contribution in [0.4, 0.5) is 18.0 Å². The fraction of sp³-hybridized carbons (Fsp3) is 0.400. The van der Waals surface area contributed by atoms with Crippen molar-refractivity contribution in [2.45, 2.75) is 45.5 Å². The highest BCUT2D eigenvalue weighted by molar-refractivity contribution is 5.74. The summed E-state index contributed by atoms with van der Waals surface area (Å²) in [6.45, 7) is 4.48. The van der Waals surface area contributed by atoms with Crippen LogP contribution in [-0.2, 0) is 12.7 Å². The number of rotatable bonds is 7. The summed E-state index contributed by atoms with van der Waals surface area (Å²) in [5.74, 6) is 0. The van der Waals surface area contributed by atoms with E-state index in [4.69, 9.17) is 0 Å². The predicted octanol–water partition coefficient (Wildman–Crippen LogP) is 5.17. The smallest absolute Gasteiger partial charge is 0.331 e. The summed E-state index contributed by atoms with van der Waals surface area (Å²) in [6.07, 6.45) is 0.550. The van der Waals surface area contributed by atoms with E-state index in [1.54, 1.807) is 30.3 Å². The number of nitrogens with one attached hydrogen (secondary N) is 1. The molecule has 0 saturated heterocycles. The lowest BCUT2D eigenvalue weighted by atomic mass is 10.0. The maximum atomic E-state index is 13.2. The van der Waals surface area contributed by atoms with Crippen LogP contribution in [-0.4, -0.2) is 22.5 Å². The minimum atomic E-state index is -4.46. The fourth-order valence-electron chi connectivity index (χ4n) is 2.80. The molecule has 0 aliphatic carbocycles. The van der Waals surface area contributed by atoms with E-state index in [1.165, 1.54) is 12.1 Å². The zero-order valence-electron chi connectivity index (χ0n) is 15.5. The van der Waals surface area contributed by atoms with Gasteiger partial charge in [0.15, 0.2) is 0 Å². The molecule has 0 spiro atoms. The maximum Gasteiger partial charge on any atom is 0.416 e. The molecular weight excluding hydrogens is 355 g/mol. The summed E-state index contributed by atoms with van der Waals surface area (Å²) < 4.78 is 39.7. The third-order valence-electron chi connectivity index (χ3n) is 4.26. The SMILES string of the molecule is CCCCN(Cc1ccncc1)C(=O)NC(C)c1ccccc1C(F)(F)F. The monoisotopic (exact) mass is 379 g/mol. The highest BCUT2D eigenvalue weighted by Gasteiger charge is 2.34. The van der Waals surface area contributed by atoms with Gasteiger partial charge in [-0.25, -0.2) is 4.79 Å². The van der Waals surface area contributed by atoms with Gasteiger partial charge in [-0.05, 0) is 42.7 Å². The lowest BCUT2D eigenvalue weighted by molar-refractivity contribution is -0.138. The van der Waals surface area contributed by atoms with Crippen molar-refractivity contribution < 1.29 is 18.0 Å². The minimum Gasteiger partial charge on any atom is -0.331 e. The molecule has 0 aliphatic rings. The van der Waals surface area contributed by atoms with Gasteiger partial charge < -0.3 is 10.2 Å². The Morgan fingerprint density at radius 3 is 2.48 bits per heavy atom. The Labute approximate surface area is 157 Å². The van der Waals surface area contributed by atoms with Crippen molar-refractivity contribution in [3.8, 4) is 0 Å². The zero-order chi connectivity index (χ0) is 19.9. The van der Waals surface area contributed by atoms with Crippen molar-refractivity contribution >= 4 is 6.03 Å². The summed E-state index contributed by atoms with van der Waals surface area (Å²) >= 11 is 0. The van der Waals surface area contributed by atoms with Crippen LogP contribution < -0.4 is 5.32 Å². The average molecular weight is 379 g/mol. The van der Waals surface area contributed by atoms with Gasteiger partial charge in [0.25, 0.3) is 0 Å². The zero-order valence-corrected chi connectivity index (χ0v) is 15.5. The summed E-state index contributed by atoms with van der Waals surface area (Å²) in [5, 5.41) is 2.71. The molecule has 0 aliphatic heterocycles. The number of urea groups is 1. The Balaban J connectivity index is 2.14. The van der Waals surface area contributed by atoms with E-state index >= 15 is 0 Å². The van der Waals surface area contributed by atoms with E-state index in [9.17, 15) is 18.0 Å². The molecule has 1 heterocycles. The second-order valence-electron chi connectivity index (χ2n) is 6.39. The normalized spacial score (nSPS) is 12.5. The summed E-state index contributed by atoms with van der Waals surface area (Å²) in [5.41, 5.74) is 0.240. The number of pyridine rings is 1. The third kappa shape index (κ3) is 5.98. The first-order chi connectivity index (χ1) is 12.8. The maximum absolute atomic E-state index is 13.2. The Kier molecular flexibility index (Phi) is 7.21. The highest BCUT2D eigenvalue weighted by atomic mass is 19.4. The minimum absolute atomic E-state index is 0.0534. The van der Waals surface area contributed by atoms with Crippen molar-refractivity contribution in [2.75, 3.05) is 6.54 Å². The number of nitrogens with zero attached hydrogens (tertiary/aromatic N) is 2. The standard InChI is InChI=1S/C20H24F3N3O/c1-3-4-13-26(14-16-9-11-24-12-10-16)19(27)25-15(2)17-7-5-6-8-18(17)20(21,22)23/h5-12,15H,3-4,13-14H2,1-2H3,(H,25,27). The van der Waals surface area contributed by atoms with Crippen molar-refractivity contribution in [2.24, 2.45) is 0 Å². The van der Waals surface area contributed by atoms with Gasteiger partial charge in [0.05, 0.1) is 11.6 Å². The van der Waals surface area contributed by atoms with Crippen molar-refractivity contribution in [1.29, 1.82) is 0 Å². The topological polar surface area (TPSA) is 45.2 Å². The Hall–Kier alpha value is -2.57. The molecule has 7 heteroatoms. The van der Waals surface area contributed by atoms with E-state index in [2.05, 4.69) is 10.3 Å². The number of hydrogen-bond acceptors (Lipinski definition) is 2. The first-order valence-electron chi connectivity index (χ1n) is 8.93. The Morgan fingerprint density at radius 1 is 1.19 bits per heavy atom. The molecule has 2 rings (SSSR count). The lowest BCUT2D eigenvalue weighted by Gasteiger charge is -2.26. The van der Waals surface area contributed by atoms with Crippen LogP contribution in [0, 0.1) is 0 Å². The van der Waals surface area contributed by atoms with E-state index < -0.39 is 17.8 Å². The molecule has 2 aromatic rings. The van der Waals surface area contributed by atoms with E-state index in [0.717, 1.165) is 24.5 Å². The van der Waals surface area contributed by atoms with E-state index in [-0.39, 0.29) is 11.6 Å². The van der Waals surface area contributed by atoms with Crippen molar-refractivity contribution in [3.63, 3.8) is 0 Å². The first-order valence-corrected chi connectivity index (χ1v) is 8.93. The molecule has 0 bridgehead atoms. The van der Waals surface area contributed by atoms with Gasteiger partial charge >= 0.3 is 12.2 Å². The van der Waals surface area contributed by atoms with Gasteiger partial charge in [0.1, 0.15) is 0 Å². The average Bonchev–Trinajstić information content (AvgIpc) is 2.65. The highest BCUT2D eigenvalue weighted by Crippen LogP contribution is 2.34. The molecule has 2 amide bonds. The van der Waals surface area contributed by atoms with Crippen LogP contribution in [0.2, 0.25) is 0 Å². The number of unbranched alkanes of at least 4 members (excludes halogenated alkanes) is 1. The van der Waals surface area contributed by atoms with Crippen molar-refractivity contribution in [3.05, 3.63) is 65.5 Å². The van der Waals surface area contributed by atoms with Crippen molar-refractivity contribution in [1.82, 2.24) is 15.2 Å². The molecule has 1 unspecified atom stereocenters. The molecule has 0 saturated carbocycles. The van der Waals surface area contributed by atoms with Gasteiger partial charge in [-0.1, -0.05) is 31.5 Å². The van der Waals surface area contributed by atoms with Crippen LogP contribution >= 0.6 is 0 Å². The molecular formula is C20H24F3N3O. The Bertz CT molecular complexity index is 735. The number of aromatic nitrogens is 1. The van der Waals surface area contributed by atoms with Gasteiger partial charge in [0, 0.05) is 25.5 Å². The van der Waals surface area contributed by atoms with Crippen LogP contribution in [0.15, 0.2) is 48.8 Å². The summed E-state index contributed by atoms with van der Waals surface area (Å²) in [7, 11) is 0. The quantitative estimate of drug-likeness (QED) is 0.721. The fourth-order valence-corrected chi connectivity index (χ4v) is 2.80. The van der Waals surface area contributed by atoms with Crippen LogP contribution in [0.25, 0.3) is 0 Å². The molecule has 1 atom stereocenters. The molecule has 0 radical (unpaired) electrons. The van der Waals surface area contributed by atoms with Gasteiger partial charge in [-0.3, -0.25) is 4.98 Å². The van der Waals surface area contributed by atoms with Crippen LogP contribution in [0.3, 0.4) is 0 Å². The number of amides is 2. The largest absolute Gasteiger partial charge is 0.416 e. The first kappa shape index (κ1) is 20.7. The second-order valence-corrected chi connectivity index (χ2v) is 6.39. The molecule has 1 aromatic carbocycles. The molecule has 1 N–H and O–H groups in total. The third-order valence-corrected chi connectivity index (χ3v) is 4.26. The summed E-state index contributed by atoms with van der Waals surface area (Å²) in [4.78, 5) is 18.3. The second kappa shape index (κ2) is 9.39. The molecule has 1 aromatic heterocycles. The van der Waals surface area contributed by atoms with E-state index in [1.807, 2.05) is 19.1 Å². The molecule has 0 fully saturated rings. The number of hydrogen-bond donors (Lipinski definition) is 1. The van der Waals surface area contributed by atoms with Gasteiger partial charge in [0.2, 0.25) is 0 Å². The number of carbonyl (C=O) groups is 1. The lowest BCUT2D eigenvalue weighted by Crippen LogP contribution is -2.41. The molecule has 146 valence electrons. The number of alkyl halides is 3. The Morgan fingerprint density at radius 2 is 1.85 bits per heavy atom. The predicted molar refractivity (Wildman–Crippen MR) is 97.9 cm³/mol.